The van der Waals surface area contributed by atoms with Crippen molar-refractivity contribution in [3.63, 3.8) is 0 Å². The molecule has 0 aliphatic heterocycles. The molecule has 6 heteroatoms. The van der Waals surface area contributed by atoms with Gasteiger partial charge in [-0.1, -0.05) is 18.2 Å². The predicted molar refractivity (Wildman–Crippen MR) is 97.1 cm³/mol. The number of hydrogen-bond acceptors (Lipinski definition) is 4. The van der Waals surface area contributed by atoms with Gasteiger partial charge in [0.1, 0.15) is 11.5 Å². The van der Waals surface area contributed by atoms with Crippen molar-refractivity contribution in [3.8, 4) is 11.5 Å². The van der Waals surface area contributed by atoms with Crippen LogP contribution in [0.15, 0.2) is 59.8 Å². The van der Waals surface area contributed by atoms with Crippen LogP contribution in [0.5, 0.6) is 11.5 Å². The normalized spacial score (nSPS) is 10.9. The van der Waals surface area contributed by atoms with Gasteiger partial charge in [0.05, 0.1) is 12.8 Å². The minimum absolute atomic E-state index is 0.112. The Hall–Kier alpha value is -3.28. The van der Waals surface area contributed by atoms with Crippen molar-refractivity contribution in [3.05, 3.63) is 60.3 Å². The first-order valence-corrected chi connectivity index (χ1v) is 8.00. The maximum absolute atomic E-state index is 11.8. The van der Waals surface area contributed by atoms with Crippen LogP contribution >= 0.6 is 0 Å². The van der Waals surface area contributed by atoms with Crippen LogP contribution < -0.4 is 14.9 Å². The van der Waals surface area contributed by atoms with E-state index in [1.54, 1.807) is 30.5 Å². The molecule has 0 atom stereocenters. The van der Waals surface area contributed by atoms with Gasteiger partial charge in [0.2, 0.25) is 0 Å². The number of rotatable bonds is 7. The van der Waals surface area contributed by atoms with Crippen LogP contribution in [0.4, 0.5) is 0 Å². The van der Waals surface area contributed by atoms with Crippen LogP contribution in [0, 0.1) is 0 Å². The Bertz CT molecular complexity index is 869. The van der Waals surface area contributed by atoms with Crippen molar-refractivity contribution < 1.29 is 14.3 Å². The molecule has 0 fully saturated rings. The minimum Gasteiger partial charge on any atom is -0.494 e. The summed E-state index contributed by atoms with van der Waals surface area (Å²) in [4.78, 5) is 14.9. The average Bonchev–Trinajstić information content (AvgIpc) is 3.05. The van der Waals surface area contributed by atoms with Crippen LogP contribution in [0.3, 0.4) is 0 Å². The molecule has 128 valence electrons. The topological polar surface area (TPSA) is 75.7 Å². The van der Waals surface area contributed by atoms with E-state index in [0.29, 0.717) is 12.4 Å². The second-order valence-corrected chi connectivity index (χ2v) is 5.28. The lowest BCUT2D eigenvalue weighted by atomic mass is 10.2. The molecule has 25 heavy (non-hydrogen) atoms. The maximum Gasteiger partial charge on any atom is 0.277 e. The monoisotopic (exact) mass is 337 g/mol. The number of aromatic amines is 1. The van der Waals surface area contributed by atoms with E-state index in [2.05, 4.69) is 15.5 Å². The highest BCUT2D eigenvalue weighted by Gasteiger charge is 2.03. The largest absolute Gasteiger partial charge is 0.494 e. The first kappa shape index (κ1) is 16.6. The van der Waals surface area contributed by atoms with Crippen LogP contribution in [-0.2, 0) is 4.79 Å². The summed E-state index contributed by atoms with van der Waals surface area (Å²) in [7, 11) is 0. The molecule has 2 N–H and O–H groups in total. The summed E-state index contributed by atoms with van der Waals surface area (Å²) in [6, 6.07) is 15.0. The Morgan fingerprint density at radius 2 is 1.84 bits per heavy atom. The molecule has 1 amide bonds. The summed E-state index contributed by atoms with van der Waals surface area (Å²) >= 11 is 0. The zero-order chi connectivity index (χ0) is 17.5. The molecule has 6 nitrogen and oxygen atoms in total. The van der Waals surface area contributed by atoms with Gasteiger partial charge in [0, 0.05) is 22.7 Å². The molecule has 0 unspecified atom stereocenters. The Balaban J connectivity index is 1.49. The standard InChI is InChI=1S/C19H19N3O3/c1-2-24-15-7-9-16(10-8-15)25-13-19(23)22-21-12-14-11-20-18-6-4-3-5-17(14)18/h3-12,20H,2,13H2,1H3,(H,22,23)/b21-12+. The van der Waals surface area contributed by atoms with Gasteiger partial charge in [-0.25, -0.2) is 5.43 Å². The van der Waals surface area contributed by atoms with Gasteiger partial charge in [-0.15, -0.1) is 0 Å². The third-order valence-electron chi connectivity index (χ3n) is 3.52. The lowest BCUT2D eigenvalue weighted by Crippen LogP contribution is -2.24. The van der Waals surface area contributed by atoms with Gasteiger partial charge < -0.3 is 14.5 Å². The number of aromatic nitrogens is 1. The highest BCUT2D eigenvalue weighted by atomic mass is 16.5. The van der Waals surface area contributed by atoms with Gasteiger partial charge in [0.15, 0.2) is 6.61 Å². The van der Waals surface area contributed by atoms with Crippen LogP contribution in [0.2, 0.25) is 0 Å². The van der Waals surface area contributed by atoms with E-state index in [9.17, 15) is 4.79 Å². The quantitative estimate of drug-likeness (QED) is 0.514. The van der Waals surface area contributed by atoms with Gasteiger partial charge in [-0.3, -0.25) is 4.79 Å². The number of carbonyl (C=O) groups is 1. The zero-order valence-corrected chi connectivity index (χ0v) is 13.9. The molecule has 0 saturated carbocycles. The average molecular weight is 337 g/mol. The Kier molecular flexibility index (Phi) is 5.31. The van der Waals surface area contributed by atoms with E-state index in [-0.39, 0.29) is 12.5 Å². The second kappa shape index (κ2) is 8.01. The maximum atomic E-state index is 11.8. The van der Waals surface area contributed by atoms with E-state index in [1.807, 2.05) is 37.4 Å². The van der Waals surface area contributed by atoms with E-state index >= 15 is 0 Å². The molecular weight excluding hydrogens is 318 g/mol. The zero-order valence-electron chi connectivity index (χ0n) is 13.9. The molecule has 1 aromatic heterocycles. The molecule has 0 aliphatic rings. The summed E-state index contributed by atoms with van der Waals surface area (Å²) in [5, 5.41) is 5.02. The van der Waals surface area contributed by atoms with Gasteiger partial charge >= 0.3 is 0 Å². The molecule has 1 heterocycles. The highest BCUT2D eigenvalue weighted by Crippen LogP contribution is 2.17. The summed E-state index contributed by atoms with van der Waals surface area (Å²) in [5.74, 6) is 1.03. The van der Waals surface area contributed by atoms with E-state index in [1.165, 1.54) is 0 Å². The third-order valence-corrected chi connectivity index (χ3v) is 3.52. The molecule has 3 aromatic rings. The van der Waals surface area contributed by atoms with E-state index in [4.69, 9.17) is 9.47 Å². The van der Waals surface area contributed by atoms with E-state index in [0.717, 1.165) is 22.2 Å². The summed E-state index contributed by atoms with van der Waals surface area (Å²) in [5.41, 5.74) is 4.38. The first-order chi connectivity index (χ1) is 12.3. The molecular formula is C19H19N3O3. The molecule has 0 spiro atoms. The SMILES string of the molecule is CCOc1ccc(OCC(=O)N/N=C/c2c[nH]c3ccccc23)cc1. The molecule has 0 aliphatic carbocycles. The van der Waals surface area contributed by atoms with Crippen LogP contribution in [-0.4, -0.2) is 30.3 Å². The molecule has 2 aromatic carbocycles. The van der Waals surface area contributed by atoms with Crippen molar-refractivity contribution in [1.29, 1.82) is 0 Å². The Morgan fingerprint density at radius 1 is 1.12 bits per heavy atom. The molecule has 3 rings (SSSR count). The summed E-state index contributed by atoms with van der Waals surface area (Å²) in [6.07, 6.45) is 3.45. The fourth-order valence-electron chi connectivity index (χ4n) is 2.35. The summed E-state index contributed by atoms with van der Waals surface area (Å²) < 4.78 is 10.8. The lowest BCUT2D eigenvalue weighted by molar-refractivity contribution is -0.123. The number of hydrazone groups is 1. The number of amides is 1. The molecule has 0 bridgehead atoms. The van der Waals surface area contributed by atoms with Crippen molar-refractivity contribution in [2.45, 2.75) is 6.92 Å². The Morgan fingerprint density at radius 3 is 2.60 bits per heavy atom. The van der Waals surface area contributed by atoms with Crippen LogP contribution in [0.25, 0.3) is 10.9 Å². The van der Waals surface area contributed by atoms with Crippen molar-refractivity contribution in [2.24, 2.45) is 5.10 Å². The van der Waals surface area contributed by atoms with Crippen LogP contribution in [0.1, 0.15) is 12.5 Å². The number of carbonyl (C=O) groups excluding carboxylic acids is 1. The fourth-order valence-corrected chi connectivity index (χ4v) is 2.35. The summed E-state index contributed by atoms with van der Waals surface area (Å²) in [6.45, 7) is 2.42. The highest BCUT2D eigenvalue weighted by molar-refractivity contribution is 5.99. The number of nitrogens with one attached hydrogen (secondary N) is 2. The molecule has 0 saturated heterocycles. The Labute approximate surface area is 145 Å². The number of H-pyrrole nitrogens is 1. The first-order valence-electron chi connectivity index (χ1n) is 8.00. The van der Waals surface area contributed by atoms with Gasteiger partial charge in [0.25, 0.3) is 5.91 Å². The van der Waals surface area contributed by atoms with Gasteiger partial charge in [-0.2, -0.15) is 5.10 Å². The van der Waals surface area contributed by atoms with Crippen molar-refractivity contribution >= 4 is 23.0 Å². The number of hydrogen-bond donors (Lipinski definition) is 2. The van der Waals surface area contributed by atoms with Crippen molar-refractivity contribution in [2.75, 3.05) is 13.2 Å². The van der Waals surface area contributed by atoms with Gasteiger partial charge in [-0.05, 0) is 37.3 Å². The molecule has 0 radical (unpaired) electrons. The minimum atomic E-state index is -0.329. The number of benzene rings is 2. The smallest absolute Gasteiger partial charge is 0.277 e. The second-order valence-electron chi connectivity index (χ2n) is 5.28. The number of ether oxygens (including phenoxy) is 2. The number of para-hydroxylation sites is 1. The number of nitrogens with zero attached hydrogens (tertiary/aromatic N) is 1. The fraction of sp³-hybridized carbons (Fsp3) is 0.158. The number of fused-ring (bicyclic) bond motifs is 1. The van der Waals surface area contributed by atoms with Crippen molar-refractivity contribution in [1.82, 2.24) is 10.4 Å². The predicted octanol–water partition coefficient (Wildman–Crippen LogP) is 3.10. The lowest BCUT2D eigenvalue weighted by Gasteiger charge is -2.06. The third kappa shape index (κ3) is 4.38. The van der Waals surface area contributed by atoms with E-state index < -0.39 is 0 Å².